The van der Waals surface area contributed by atoms with Crippen LogP contribution in [0.25, 0.3) is 11.0 Å². The molecule has 0 aliphatic heterocycles. The van der Waals surface area contributed by atoms with E-state index in [0.29, 0.717) is 0 Å². The number of nitrogens with zero attached hydrogens (tertiary/aromatic N) is 3. The number of nitro groups is 1. The van der Waals surface area contributed by atoms with Gasteiger partial charge < -0.3 is 14.9 Å². The molecule has 0 aromatic carbocycles. The van der Waals surface area contributed by atoms with E-state index < -0.39 is 10.9 Å². The van der Waals surface area contributed by atoms with Gasteiger partial charge in [-0.2, -0.15) is 5.10 Å². The van der Waals surface area contributed by atoms with Crippen molar-refractivity contribution >= 4 is 22.8 Å². The van der Waals surface area contributed by atoms with Gasteiger partial charge in [0.25, 0.3) is 0 Å². The van der Waals surface area contributed by atoms with E-state index in [0.717, 1.165) is 0 Å². The van der Waals surface area contributed by atoms with Crippen molar-refractivity contribution in [3.8, 4) is 0 Å². The second-order valence-corrected chi connectivity index (χ2v) is 2.62. The number of aromatic nitrogens is 4. The minimum absolute atomic E-state index is 0.0698. The first-order chi connectivity index (χ1) is 7.15. The molecule has 0 fully saturated rings. The van der Waals surface area contributed by atoms with Crippen LogP contribution in [0.15, 0.2) is 0 Å². The Balaban J connectivity index is 2.63. The summed E-state index contributed by atoms with van der Waals surface area (Å²) in [5, 5.41) is 22.2. The van der Waals surface area contributed by atoms with Crippen LogP contribution in [0.1, 0.15) is 10.5 Å². The highest BCUT2D eigenvalue weighted by atomic mass is 16.6. The molecular weight excluding hydrogens is 206 g/mol. The molecule has 2 aromatic heterocycles. The molecule has 2 heterocycles. The number of hydrogen-bond donors (Lipinski definition) is 2. The molecule has 0 amide bonds. The molecule has 2 aromatic rings. The number of aromatic amines is 2. The van der Waals surface area contributed by atoms with Crippen LogP contribution in [0.3, 0.4) is 0 Å². The van der Waals surface area contributed by atoms with Gasteiger partial charge in [-0.25, -0.2) is 4.79 Å². The Bertz CT molecular complexity index is 541. The Kier molecular flexibility index (Phi) is 1.85. The summed E-state index contributed by atoms with van der Waals surface area (Å²) in [5.41, 5.74) is 0.0748. The van der Waals surface area contributed by atoms with Gasteiger partial charge in [0.15, 0.2) is 11.0 Å². The lowest BCUT2D eigenvalue weighted by molar-refractivity contribution is -0.388. The van der Waals surface area contributed by atoms with Crippen LogP contribution in [-0.4, -0.2) is 38.4 Å². The summed E-state index contributed by atoms with van der Waals surface area (Å²) >= 11 is 0. The largest absolute Gasteiger partial charge is 0.464 e. The first-order valence-corrected chi connectivity index (χ1v) is 3.80. The van der Waals surface area contributed by atoms with Gasteiger partial charge in [0.05, 0.1) is 7.11 Å². The number of esters is 1. The van der Waals surface area contributed by atoms with Crippen molar-refractivity contribution in [2.45, 2.75) is 0 Å². The minimum Gasteiger partial charge on any atom is -0.464 e. The van der Waals surface area contributed by atoms with Crippen LogP contribution in [0.2, 0.25) is 0 Å². The third-order valence-corrected chi connectivity index (χ3v) is 1.81. The number of rotatable bonds is 2. The summed E-state index contributed by atoms with van der Waals surface area (Å²) in [6.45, 7) is 0. The van der Waals surface area contributed by atoms with Crippen LogP contribution < -0.4 is 0 Å². The molecule has 0 unspecified atom stereocenters. The van der Waals surface area contributed by atoms with Crippen molar-refractivity contribution in [3.05, 3.63) is 15.8 Å². The Hall–Kier alpha value is -2.45. The van der Waals surface area contributed by atoms with Gasteiger partial charge in [-0.15, -0.1) is 5.10 Å². The molecule has 9 heteroatoms. The van der Waals surface area contributed by atoms with Crippen molar-refractivity contribution in [1.29, 1.82) is 0 Å². The van der Waals surface area contributed by atoms with E-state index in [-0.39, 0.29) is 22.5 Å². The lowest BCUT2D eigenvalue weighted by Gasteiger charge is -1.89. The van der Waals surface area contributed by atoms with E-state index in [1.54, 1.807) is 0 Å². The highest BCUT2D eigenvalue weighted by Gasteiger charge is 2.24. The fraction of sp³-hybridized carbons (Fsp3) is 0.167. The molecule has 2 N–H and O–H groups in total. The zero-order chi connectivity index (χ0) is 11.0. The summed E-state index contributed by atoms with van der Waals surface area (Å²) in [6, 6.07) is 0. The van der Waals surface area contributed by atoms with Crippen LogP contribution in [0.5, 0.6) is 0 Å². The Morgan fingerprint density at radius 2 is 2.20 bits per heavy atom. The topological polar surface area (TPSA) is 127 Å². The van der Waals surface area contributed by atoms with Crippen LogP contribution in [0, 0.1) is 10.1 Å². The molecule has 0 spiro atoms. The van der Waals surface area contributed by atoms with Crippen molar-refractivity contribution in [2.24, 2.45) is 0 Å². The normalized spacial score (nSPS) is 10.5. The lowest BCUT2D eigenvalue weighted by atomic mass is 10.3. The SMILES string of the molecule is COC(=O)c1n[nH]c2c([N+](=O)[O-])[nH]nc12. The van der Waals surface area contributed by atoms with Gasteiger partial charge in [0, 0.05) is 0 Å². The number of fused-ring (bicyclic) bond motifs is 1. The number of methoxy groups -OCH3 is 1. The standard InChI is InChI=1S/C6H5N5O4/c1-15-6(12)4-2-3(8-9-4)5(10-7-2)11(13)14/h1H3,(H,7,10)(H,8,9). The molecule has 0 radical (unpaired) electrons. The average Bonchev–Trinajstić information content (AvgIpc) is 2.75. The van der Waals surface area contributed by atoms with E-state index in [1.165, 1.54) is 7.11 Å². The second-order valence-electron chi connectivity index (χ2n) is 2.62. The number of ether oxygens (including phenoxy) is 1. The molecular formula is C6H5N5O4. The molecule has 0 aliphatic carbocycles. The zero-order valence-electron chi connectivity index (χ0n) is 7.47. The summed E-state index contributed by atoms with van der Waals surface area (Å²) < 4.78 is 4.43. The molecule has 0 atom stereocenters. The highest BCUT2D eigenvalue weighted by Crippen LogP contribution is 2.22. The van der Waals surface area contributed by atoms with Crippen LogP contribution >= 0.6 is 0 Å². The number of carbonyl (C=O) groups excluding carboxylic acids is 1. The van der Waals surface area contributed by atoms with Gasteiger partial charge >= 0.3 is 11.8 Å². The van der Waals surface area contributed by atoms with E-state index in [1.807, 2.05) is 0 Å². The summed E-state index contributed by atoms with van der Waals surface area (Å²) in [5.74, 6) is -1.05. The van der Waals surface area contributed by atoms with Crippen LogP contribution in [-0.2, 0) is 4.74 Å². The van der Waals surface area contributed by atoms with E-state index in [4.69, 9.17) is 0 Å². The van der Waals surface area contributed by atoms with Crippen molar-refractivity contribution in [3.63, 3.8) is 0 Å². The maximum absolute atomic E-state index is 11.1. The minimum atomic E-state index is -0.706. The molecule has 2 rings (SSSR count). The summed E-state index contributed by atoms with van der Waals surface area (Å²) in [4.78, 5) is 21.0. The predicted molar refractivity (Wildman–Crippen MR) is 46.2 cm³/mol. The van der Waals surface area contributed by atoms with E-state index in [2.05, 4.69) is 25.1 Å². The van der Waals surface area contributed by atoms with Gasteiger partial charge in [-0.3, -0.25) is 5.10 Å². The van der Waals surface area contributed by atoms with E-state index in [9.17, 15) is 14.9 Å². The number of nitrogens with one attached hydrogen (secondary N) is 2. The van der Waals surface area contributed by atoms with Crippen molar-refractivity contribution in [2.75, 3.05) is 7.11 Å². The number of hydrogen-bond acceptors (Lipinski definition) is 6. The van der Waals surface area contributed by atoms with Gasteiger partial charge in [-0.1, -0.05) is 5.10 Å². The van der Waals surface area contributed by atoms with Crippen molar-refractivity contribution in [1.82, 2.24) is 20.4 Å². The quantitative estimate of drug-likeness (QED) is 0.408. The maximum atomic E-state index is 11.1. The molecule has 0 aliphatic rings. The fourth-order valence-corrected chi connectivity index (χ4v) is 1.15. The summed E-state index contributed by atoms with van der Waals surface area (Å²) in [6.07, 6.45) is 0. The zero-order valence-corrected chi connectivity index (χ0v) is 7.47. The van der Waals surface area contributed by atoms with E-state index >= 15 is 0 Å². The second kappa shape index (κ2) is 3.04. The van der Waals surface area contributed by atoms with Crippen molar-refractivity contribution < 1.29 is 14.5 Å². The highest BCUT2D eigenvalue weighted by molar-refractivity contribution is 6.01. The third-order valence-electron chi connectivity index (χ3n) is 1.81. The van der Waals surface area contributed by atoms with Gasteiger partial charge in [-0.05, 0) is 4.92 Å². The Morgan fingerprint density at radius 1 is 1.47 bits per heavy atom. The molecule has 0 saturated carbocycles. The predicted octanol–water partition coefficient (Wildman–Crippen LogP) is -0.0192. The smallest absolute Gasteiger partial charge is 0.368 e. The Labute approximate surface area is 81.6 Å². The fourth-order valence-electron chi connectivity index (χ4n) is 1.15. The van der Waals surface area contributed by atoms with Crippen LogP contribution in [0.4, 0.5) is 5.82 Å². The first kappa shape index (κ1) is 9.12. The Morgan fingerprint density at radius 3 is 2.80 bits per heavy atom. The molecule has 78 valence electrons. The number of carbonyl (C=O) groups is 1. The first-order valence-electron chi connectivity index (χ1n) is 3.80. The molecule has 9 nitrogen and oxygen atoms in total. The average molecular weight is 211 g/mol. The maximum Gasteiger partial charge on any atom is 0.368 e. The lowest BCUT2D eigenvalue weighted by Crippen LogP contribution is -2.02. The molecule has 15 heavy (non-hydrogen) atoms. The molecule has 0 saturated heterocycles. The number of H-pyrrole nitrogens is 2. The van der Waals surface area contributed by atoms with Gasteiger partial charge in [0.2, 0.25) is 5.69 Å². The third kappa shape index (κ3) is 1.21. The summed E-state index contributed by atoms with van der Waals surface area (Å²) in [7, 11) is 1.18. The molecule has 0 bridgehead atoms. The monoisotopic (exact) mass is 211 g/mol. The van der Waals surface area contributed by atoms with Gasteiger partial charge in [0.1, 0.15) is 0 Å².